The monoisotopic (exact) mass is 1480 g/mol. The number of rotatable bonds is 12. The van der Waals surface area contributed by atoms with Crippen LogP contribution in [0.2, 0.25) is 0 Å². The summed E-state index contributed by atoms with van der Waals surface area (Å²) in [6, 6.07) is -10.5. The standard InChI is InChI=1S/C74H117F5N12O13/c1-15-45(5)62-70(101)84(9)43-60(94)86(11)54-26-19-18-22-35-90(69(54)100)56(38-46-29-27-44(4)28-30-46)67(98)83(8)42-58(92)80-52(32-31-47-36-50(75)61(51(76)37-47)74(77,78)79)65(96)91-41-49(104-17-3)39-57(91)68(99)89(14)73(33-23-34-73)72(103)88(13)63(48-24-20-21-25-48)71(102)87(12)55(66(97)82(6)7)40-59(93)85(10)53(16-2)64(95)81-62/h18-19,44-57,61-63H,15-17,20-43H2,1-14H3,(H,80,92)(H,81,95)/b19-18-/t44?,45-,46?,47?,49+,50?,51?,52-,53-,54-,55-,56-,57-,61?,62-,63-/m0/s1. The summed E-state index contributed by atoms with van der Waals surface area (Å²) in [4.78, 5) is 193. The molecule has 3 aliphatic heterocycles. The number of likely N-dealkylation sites (N-methyl/N-ethyl adjacent to an activating group) is 8. The molecule has 104 heavy (non-hydrogen) atoms. The first-order valence-electron chi connectivity index (χ1n) is 37.8. The first-order chi connectivity index (χ1) is 48.9. The Balaban J connectivity index is 1.32. The summed E-state index contributed by atoms with van der Waals surface area (Å²) in [7, 11) is 12.7. The zero-order valence-electron chi connectivity index (χ0n) is 63.7. The number of hydrogen-bond donors (Lipinski definition) is 2. The third-order valence-corrected chi connectivity index (χ3v) is 24.0. The Hall–Kier alpha value is -7.01. The van der Waals surface area contributed by atoms with Crippen molar-refractivity contribution in [2.75, 3.05) is 96.2 Å². The lowest BCUT2D eigenvalue weighted by Gasteiger charge is -2.51. The van der Waals surface area contributed by atoms with Crippen molar-refractivity contribution in [3.8, 4) is 0 Å². The summed E-state index contributed by atoms with van der Waals surface area (Å²) in [5.74, 6) is -12.9. The van der Waals surface area contributed by atoms with Gasteiger partial charge >= 0.3 is 6.18 Å². The lowest BCUT2D eigenvalue weighted by atomic mass is 9.73. The number of halogens is 5. The molecule has 25 nitrogen and oxygen atoms in total. The highest BCUT2D eigenvalue weighted by molar-refractivity contribution is 6.01. The average molecular weight is 1480 g/mol. The number of carbonyl (C=O) groups is 12. The molecule has 2 N–H and O–H groups in total. The van der Waals surface area contributed by atoms with E-state index in [9.17, 15) is 41.9 Å². The Labute approximate surface area is 610 Å². The maximum absolute atomic E-state index is 15.7. The van der Waals surface area contributed by atoms with E-state index in [1.165, 1.54) is 92.8 Å². The lowest BCUT2D eigenvalue weighted by Crippen LogP contribution is -2.68. The summed E-state index contributed by atoms with van der Waals surface area (Å²) in [6.07, 6.45) is -3.13. The average Bonchev–Trinajstić information content (AvgIpc) is 1.13. The van der Waals surface area contributed by atoms with Crippen molar-refractivity contribution in [2.24, 2.45) is 35.5 Å². The quantitative estimate of drug-likeness (QED) is 0.180. The minimum Gasteiger partial charge on any atom is -0.377 e. The molecule has 30 heteroatoms. The van der Waals surface area contributed by atoms with Crippen LogP contribution in [0.25, 0.3) is 0 Å². The van der Waals surface area contributed by atoms with Gasteiger partial charge in [-0.2, -0.15) is 13.2 Å². The van der Waals surface area contributed by atoms with Crippen LogP contribution >= 0.6 is 0 Å². The highest BCUT2D eigenvalue weighted by atomic mass is 19.4. The van der Waals surface area contributed by atoms with Crippen molar-refractivity contribution < 1.29 is 84.2 Å². The molecular formula is C74H117F5N12O13. The number of nitrogens with zero attached hydrogens (tertiary/aromatic N) is 10. The van der Waals surface area contributed by atoms with Crippen molar-refractivity contribution in [2.45, 2.75) is 254 Å². The van der Waals surface area contributed by atoms with Crippen LogP contribution in [0, 0.1) is 35.5 Å². The second kappa shape index (κ2) is 36.5. The largest absolute Gasteiger partial charge is 0.397 e. The molecule has 2 unspecified atom stereocenters. The number of ether oxygens (including phenoxy) is 1. The molecule has 0 aromatic carbocycles. The molecular weight excluding hydrogens is 1360 g/mol. The van der Waals surface area contributed by atoms with Gasteiger partial charge in [0.25, 0.3) is 0 Å². The normalized spacial score (nSPS) is 32.6. The minimum atomic E-state index is -5.17. The maximum Gasteiger partial charge on any atom is 0.397 e. The third kappa shape index (κ3) is 19.4. The van der Waals surface area contributed by atoms with Crippen LogP contribution in [-0.2, 0) is 62.3 Å². The van der Waals surface area contributed by atoms with E-state index < -0.39 is 205 Å². The Morgan fingerprint density at radius 3 is 1.86 bits per heavy atom. The molecule has 2 bridgehead atoms. The van der Waals surface area contributed by atoms with Gasteiger partial charge in [0, 0.05) is 89.5 Å². The second-order valence-corrected chi connectivity index (χ2v) is 31.2. The zero-order valence-corrected chi connectivity index (χ0v) is 63.7. The Bertz CT molecular complexity index is 3100. The Kier molecular flexibility index (Phi) is 29.6. The molecule has 6 fully saturated rings. The predicted molar refractivity (Wildman–Crippen MR) is 376 cm³/mol. The molecule has 586 valence electrons. The van der Waals surface area contributed by atoms with E-state index in [4.69, 9.17) is 4.74 Å². The van der Waals surface area contributed by atoms with E-state index in [-0.39, 0.29) is 77.0 Å². The van der Waals surface area contributed by atoms with Crippen LogP contribution in [0.1, 0.15) is 176 Å². The van der Waals surface area contributed by atoms with Crippen LogP contribution in [0.3, 0.4) is 0 Å². The van der Waals surface area contributed by atoms with Gasteiger partial charge in [-0.25, -0.2) is 8.78 Å². The molecule has 7 aliphatic rings. The van der Waals surface area contributed by atoms with E-state index in [1.54, 1.807) is 26.8 Å². The van der Waals surface area contributed by atoms with Crippen molar-refractivity contribution in [1.29, 1.82) is 0 Å². The summed E-state index contributed by atoms with van der Waals surface area (Å²) >= 11 is 0. The fourth-order valence-electron chi connectivity index (χ4n) is 17.0. The lowest BCUT2D eigenvalue weighted by molar-refractivity contribution is -0.219. The molecule has 3 heterocycles. The van der Waals surface area contributed by atoms with Gasteiger partial charge in [-0.15, -0.1) is 0 Å². The molecule has 12 atom stereocenters. The summed E-state index contributed by atoms with van der Waals surface area (Å²) in [5.41, 5.74) is -1.60. The van der Waals surface area contributed by atoms with Gasteiger partial charge in [-0.1, -0.05) is 84.8 Å². The Morgan fingerprint density at radius 2 is 1.29 bits per heavy atom. The first-order valence-corrected chi connectivity index (χ1v) is 37.8. The van der Waals surface area contributed by atoms with Gasteiger partial charge in [-0.3, -0.25) is 57.5 Å². The molecule has 7 rings (SSSR count). The smallest absolute Gasteiger partial charge is 0.377 e. The summed E-state index contributed by atoms with van der Waals surface area (Å²) in [6.45, 7) is 7.72. The first kappa shape index (κ1) is 84.3. The molecule has 0 radical (unpaired) electrons. The molecule has 1 spiro atoms. The zero-order chi connectivity index (χ0) is 77.1. The number of nitrogens with one attached hydrogen (secondary N) is 2. The number of carbonyl (C=O) groups excluding carboxylic acids is 12. The van der Waals surface area contributed by atoms with Crippen LogP contribution in [0.4, 0.5) is 22.0 Å². The van der Waals surface area contributed by atoms with E-state index in [0.29, 0.717) is 50.9 Å². The fraction of sp³-hybridized carbons (Fsp3) is 0.811. The fourth-order valence-corrected chi connectivity index (χ4v) is 17.0. The molecule has 2 saturated heterocycles. The van der Waals surface area contributed by atoms with Crippen LogP contribution in [0.15, 0.2) is 12.2 Å². The summed E-state index contributed by atoms with van der Waals surface area (Å²) in [5, 5.41) is 5.58. The summed E-state index contributed by atoms with van der Waals surface area (Å²) < 4.78 is 79.0. The van der Waals surface area contributed by atoms with Gasteiger partial charge in [0.2, 0.25) is 70.9 Å². The topological polar surface area (TPSA) is 271 Å². The van der Waals surface area contributed by atoms with Crippen LogP contribution < -0.4 is 10.6 Å². The van der Waals surface area contributed by atoms with Gasteiger partial charge in [0.05, 0.1) is 25.6 Å². The molecule has 12 amide bonds. The number of fused-ring (bicyclic) bond motifs is 3. The molecule has 4 aliphatic carbocycles. The number of alkyl halides is 5. The van der Waals surface area contributed by atoms with Crippen molar-refractivity contribution in [1.82, 2.24) is 59.6 Å². The van der Waals surface area contributed by atoms with Gasteiger partial charge in [-0.05, 0) is 120 Å². The van der Waals surface area contributed by atoms with E-state index in [1.807, 2.05) is 13.0 Å². The van der Waals surface area contributed by atoms with Crippen molar-refractivity contribution in [3.63, 3.8) is 0 Å². The highest BCUT2D eigenvalue weighted by Crippen LogP contribution is 2.46. The third-order valence-electron chi connectivity index (χ3n) is 24.0. The Morgan fingerprint density at radius 1 is 0.663 bits per heavy atom. The van der Waals surface area contributed by atoms with E-state index >= 15 is 37.5 Å². The highest BCUT2D eigenvalue weighted by Gasteiger charge is 2.58. The number of amides is 12. The predicted octanol–water partition coefficient (Wildman–Crippen LogP) is 5.51. The van der Waals surface area contributed by atoms with Crippen LogP contribution in [-0.4, -0.2) is 295 Å². The molecule has 4 saturated carbocycles. The van der Waals surface area contributed by atoms with E-state index in [0.717, 1.165) is 45.3 Å². The molecule has 0 aromatic heterocycles. The van der Waals surface area contributed by atoms with Crippen molar-refractivity contribution in [3.05, 3.63) is 12.2 Å². The van der Waals surface area contributed by atoms with Gasteiger partial charge in [0.15, 0.2) is 0 Å². The van der Waals surface area contributed by atoms with Crippen molar-refractivity contribution >= 4 is 70.9 Å². The van der Waals surface area contributed by atoms with Gasteiger partial charge < -0.3 is 64.4 Å². The second-order valence-electron chi connectivity index (χ2n) is 31.2. The van der Waals surface area contributed by atoms with E-state index in [2.05, 4.69) is 17.6 Å². The maximum atomic E-state index is 15.7. The number of hydrogen-bond acceptors (Lipinski definition) is 13. The molecule has 0 aromatic rings. The van der Waals surface area contributed by atoms with Crippen LogP contribution in [0.5, 0.6) is 0 Å². The van der Waals surface area contributed by atoms with Gasteiger partial charge in [0.1, 0.15) is 72.1 Å². The minimum absolute atomic E-state index is 0.0156. The SMILES string of the molecule is CCO[C@@H]1C[C@H]2C(=O)N(C)C3(CCC3)C(=O)N(C)[C@@H](C3CCCC3)C(=O)N(C)[C@H](C(=O)N(C)C)CC(=O)N(C)[C@@H](CC)C(=O)N[C@@H]([C@@H](C)CC)C(=O)N(C)CC(=O)N(C)[C@H]3C/C=C\CCN(C3=O)[C@@H](CC3CCC(C)CC3)C(=O)N(C)CC(=O)N[C@@H](CCC3CC(F)C(C(F)(F)F)C(F)C3)C(=O)N2C1.